The van der Waals surface area contributed by atoms with Gasteiger partial charge in [-0.3, -0.25) is 4.79 Å². The van der Waals surface area contributed by atoms with Gasteiger partial charge in [0.15, 0.2) is 0 Å². The minimum Gasteiger partial charge on any atom is -0.328 e. The number of halogens is 1. The number of carbonyl (C=O) groups is 1. The van der Waals surface area contributed by atoms with Crippen LogP contribution in [0.5, 0.6) is 0 Å². The molecule has 0 heterocycles. The fourth-order valence-corrected chi connectivity index (χ4v) is 2.48. The number of hydrogen-bond acceptors (Lipinski definition) is 4. The number of anilines is 1. The van der Waals surface area contributed by atoms with Gasteiger partial charge in [-0.25, -0.2) is 12.7 Å². The van der Waals surface area contributed by atoms with Gasteiger partial charge in [-0.05, 0) is 31.5 Å². The second kappa shape index (κ2) is 8.33. The molecule has 0 aliphatic rings. The van der Waals surface area contributed by atoms with Crippen LogP contribution in [0.1, 0.15) is 19.8 Å². The number of hydrogen-bond donors (Lipinski definition) is 2. The SMILES string of the molecule is CC(N)CCC(=O)Nc1cccc(S(=O)(=O)N(C)C)c1.Cl. The summed E-state index contributed by atoms with van der Waals surface area (Å²) in [5.41, 5.74) is 6.04. The molecule has 3 N–H and O–H groups in total. The topological polar surface area (TPSA) is 92.5 Å². The van der Waals surface area contributed by atoms with E-state index in [9.17, 15) is 13.2 Å². The summed E-state index contributed by atoms with van der Waals surface area (Å²) < 4.78 is 25.1. The molecule has 0 saturated carbocycles. The Kier molecular flexibility index (Phi) is 7.87. The maximum atomic E-state index is 12.0. The average molecular weight is 336 g/mol. The lowest BCUT2D eigenvalue weighted by Crippen LogP contribution is -2.22. The van der Waals surface area contributed by atoms with Gasteiger partial charge in [-0.1, -0.05) is 6.07 Å². The third kappa shape index (κ3) is 6.01. The van der Waals surface area contributed by atoms with Crippen molar-refractivity contribution in [2.45, 2.75) is 30.7 Å². The number of nitrogens with two attached hydrogens (primary N) is 1. The summed E-state index contributed by atoms with van der Waals surface area (Å²) in [4.78, 5) is 11.8. The molecule has 6 nitrogen and oxygen atoms in total. The van der Waals surface area contributed by atoms with Crippen molar-refractivity contribution in [3.63, 3.8) is 0 Å². The number of rotatable bonds is 6. The molecule has 1 aromatic rings. The summed E-state index contributed by atoms with van der Waals surface area (Å²) in [6, 6.07) is 6.14. The summed E-state index contributed by atoms with van der Waals surface area (Å²) in [6.45, 7) is 1.83. The zero-order chi connectivity index (χ0) is 15.3. The first kappa shape index (κ1) is 19.9. The standard InChI is InChI=1S/C13H21N3O3S.ClH/c1-10(14)7-8-13(17)15-11-5-4-6-12(9-11)20(18,19)16(2)3;/h4-6,9-10H,7-8,14H2,1-3H3,(H,15,17);1H. The van der Waals surface area contributed by atoms with Crippen molar-refractivity contribution in [3.8, 4) is 0 Å². The van der Waals surface area contributed by atoms with Gasteiger partial charge in [0, 0.05) is 32.2 Å². The molecule has 1 rings (SSSR count). The molecule has 8 heteroatoms. The van der Waals surface area contributed by atoms with Crippen LogP contribution in [0, 0.1) is 0 Å². The Labute approximate surface area is 132 Å². The van der Waals surface area contributed by atoms with E-state index in [-0.39, 0.29) is 29.3 Å². The third-order valence-electron chi connectivity index (χ3n) is 2.72. The van der Waals surface area contributed by atoms with E-state index < -0.39 is 10.0 Å². The van der Waals surface area contributed by atoms with Gasteiger partial charge in [0.1, 0.15) is 0 Å². The number of nitrogens with zero attached hydrogens (tertiary/aromatic N) is 1. The van der Waals surface area contributed by atoms with Crippen LogP contribution >= 0.6 is 12.4 Å². The van der Waals surface area contributed by atoms with E-state index >= 15 is 0 Å². The molecule has 1 atom stereocenters. The van der Waals surface area contributed by atoms with Gasteiger partial charge in [0.25, 0.3) is 0 Å². The van der Waals surface area contributed by atoms with E-state index in [0.29, 0.717) is 18.5 Å². The second-order valence-corrected chi connectivity index (χ2v) is 7.03. The Bertz CT molecular complexity index is 574. The summed E-state index contributed by atoms with van der Waals surface area (Å²) >= 11 is 0. The van der Waals surface area contributed by atoms with Crippen LogP contribution in [0.15, 0.2) is 29.2 Å². The van der Waals surface area contributed by atoms with Crippen molar-refractivity contribution in [3.05, 3.63) is 24.3 Å². The fourth-order valence-electron chi connectivity index (χ4n) is 1.53. The minimum absolute atomic E-state index is 0. The van der Waals surface area contributed by atoms with Gasteiger partial charge < -0.3 is 11.1 Å². The highest BCUT2D eigenvalue weighted by atomic mass is 35.5. The van der Waals surface area contributed by atoms with E-state index in [1.54, 1.807) is 12.1 Å². The van der Waals surface area contributed by atoms with Crippen molar-refractivity contribution in [2.75, 3.05) is 19.4 Å². The Morgan fingerprint density at radius 3 is 2.52 bits per heavy atom. The van der Waals surface area contributed by atoms with Gasteiger partial charge >= 0.3 is 0 Å². The lowest BCUT2D eigenvalue weighted by Gasteiger charge is -2.13. The number of benzene rings is 1. The van der Waals surface area contributed by atoms with Crippen molar-refractivity contribution in [1.82, 2.24) is 4.31 Å². The fraction of sp³-hybridized carbons (Fsp3) is 0.462. The predicted octanol–water partition coefficient (Wildman–Crippen LogP) is 1.42. The quantitative estimate of drug-likeness (QED) is 0.822. The van der Waals surface area contributed by atoms with Crippen LogP contribution in [-0.2, 0) is 14.8 Å². The molecule has 1 unspecified atom stereocenters. The van der Waals surface area contributed by atoms with Crippen LogP contribution in [-0.4, -0.2) is 38.8 Å². The van der Waals surface area contributed by atoms with Crippen molar-refractivity contribution >= 4 is 34.0 Å². The molecule has 0 aromatic heterocycles. The van der Waals surface area contributed by atoms with Gasteiger partial charge in [0.2, 0.25) is 15.9 Å². The van der Waals surface area contributed by atoms with E-state index in [1.165, 1.54) is 26.2 Å². The first-order valence-corrected chi connectivity index (χ1v) is 7.75. The largest absolute Gasteiger partial charge is 0.328 e. The van der Waals surface area contributed by atoms with Gasteiger partial charge in [0.05, 0.1) is 4.90 Å². The van der Waals surface area contributed by atoms with Crippen LogP contribution in [0.25, 0.3) is 0 Å². The Morgan fingerprint density at radius 2 is 2.00 bits per heavy atom. The lowest BCUT2D eigenvalue weighted by atomic mass is 10.2. The highest BCUT2D eigenvalue weighted by molar-refractivity contribution is 7.89. The van der Waals surface area contributed by atoms with E-state index in [1.807, 2.05) is 6.92 Å². The molecule has 0 aliphatic heterocycles. The van der Waals surface area contributed by atoms with Crippen LogP contribution < -0.4 is 11.1 Å². The predicted molar refractivity (Wildman–Crippen MR) is 86.1 cm³/mol. The second-order valence-electron chi connectivity index (χ2n) is 4.88. The highest BCUT2D eigenvalue weighted by Crippen LogP contribution is 2.18. The molecule has 0 fully saturated rings. The summed E-state index contributed by atoms with van der Waals surface area (Å²) in [5, 5.41) is 2.67. The number of carbonyl (C=O) groups excluding carboxylic acids is 1. The summed E-state index contributed by atoms with van der Waals surface area (Å²) in [7, 11) is -0.576. The zero-order valence-corrected chi connectivity index (χ0v) is 14.0. The lowest BCUT2D eigenvalue weighted by molar-refractivity contribution is -0.116. The molecular formula is C13H22ClN3O3S. The Hall–Kier alpha value is -1.15. The van der Waals surface area contributed by atoms with Gasteiger partial charge in [-0.2, -0.15) is 0 Å². The number of nitrogens with one attached hydrogen (secondary N) is 1. The zero-order valence-electron chi connectivity index (χ0n) is 12.4. The molecule has 1 aromatic carbocycles. The summed E-state index contributed by atoms with van der Waals surface area (Å²) in [6.07, 6.45) is 0.893. The molecule has 0 saturated heterocycles. The molecule has 0 aliphatic carbocycles. The first-order chi connectivity index (χ1) is 9.23. The molecule has 21 heavy (non-hydrogen) atoms. The highest BCUT2D eigenvalue weighted by Gasteiger charge is 2.17. The normalized spacial score (nSPS) is 12.6. The van der Waals surface area contributed by atoms with E-state index in [2.05, 4.69) is 5.32 Å². The molecule has 0 radical (unpaired) electrons. The number of amides is 1. The van der Waals surface area contributed by atoms with Crippen LogP contribution in [0.2, 0.25) is 0 Å². The maximum Gasteiger partial charge on any atom is 0.242 e. The van der Waals surface area contributed by atoms with Gasteiger partial charge in [-0.15, -0.1) is 12.4 Å². The van der Waals surface area contributed by atoms with Crippen molar-refractivity contribution < 1.29 is 13.2 Å². The van der Waals surface area contributed by atoms with Crippen LogP contribution in [0.4, 0.5) is 5.69 Å². The Morgan fingerprint density at radius 1 is 1.38 bits per heavy atom. The smallest absolute Gasteiger partial charge is 0.242 e. The van der Waals surface area contributed by atoms with E-state index in [4.69, 9.17) is 5.73 Å². The molecule has 1 amide bonds. The third-order valence-corrected chi connectivity index (χ3v) is 4.53. The minimum atomic E-state index is -3.50. The molecule has 0 bridgehead atoms. The molecular weight excluding hydrogens is 314 g/mol. The van der Waals surface area contributed by atoms with Crippen LogP contribution in [0.3, 0.4) is 0 Å². The van der Waals surface area contributed by atoms with Crippen molar-refractivity contribution in [2.24, 2.45) is 5.73 Å². The van der Waals surface area contributed by atoms with Crippen molar-refractivity contribution in [1.29, 1.82) is 0 Å². The average Bonchev–Trinajstić information content (AvgIpc) is 2.36. The maximum absolute atomic E-state index is 12.0. The monoisotopic (exact) mass is 335 g/mol. The Balaban J connectivity index is 0.00000400. The van der Waals surface area contributed by atoms with E-state index in [0.717, 1.165) is 4.31 Å². The molecule has 120 valence electrons. The summed E-state index contributed by atoms with van der Waals surface area (Å²) in [5.74, 6) is -0.179. The first-order valence-electron chi connectivity index (χ1n) is 6.31. The number of sulfonamides is 1. The molecule has 0 spiro atoms.